The van der Waals surface area contributed by atoms with Crippen molar-refractivity contribution in [2.24, 2.45) is 5.92 Å². The molecule has 2 fully saturated rings. The first-order valence-corrected chi connectivity index (χ1v) is 11.0. The van der Waals surface area contributed by atoms with Crippen molar-refractivity contribution in [3.63, 3.8) is 0 Å². The number of hydrogen-bond acceptors (Lipinski definition) is 4. The summed E-state index contributed by atoms with van der Waals surface area (Å²) in [5, 5.41) is 0.825. The van der Waals surface area contributed by atoms with Crippen LogP contribution in [0, 0.1) is 5.92 Å². The van der Waals surface area contributed by atoms with Crippen molar-refractivity contribution >= 4 is 40.9 Å². The summed E-state index contributed by atoms with van der Waals surface area (Å²) in [7, 11) is 0. The van der Waals surface area contributed by atoms with Crippen LogP contribution in [0.25, 0.3) is 0 Å². The second-order valence-electron chi connectivity index (χ2n) is 7.84. The van der Waals surface area contributed by atoms with Crippen LogP contribution in [0.2, 0.25) is 10.0 Å². The van der Waals surface area contributed by atoms with E-state index in [-0.39, 0.29) is 23.6 Å². The fraction of sp³-hybridized carbons (Fsp3) is 0.409. The quantitative estimate of drug-likeness (QED) is 0.698. The maximum absolute atomic E-state index is 13.1. The number of rotatable bonds is 3. The number of nitrogens with zero attached hydrogens (tertiary/aromatic N) is 3. The third kappa shape index (κ3) is 4.88. The monoisotopic (exact) mass is 463 g/mol. The molecule has 4 rings (SSSR count). The van der Waals surface area contributed by atoms with E-state index >= 15 is 0 Å². The lowest BCUT2D eigenvalue weighted by Crippen LogP contribution is -2.54. The third-order valence-electron chi connectivity index (χ3n) is 5.78. The molecule has 0 bridgehead atoms. The van der Waals surface area contributed by atoms with E-state index in [1.165, 1.54) is 6.26 Å². The number of benzene rings is 1. The number of piperidine rings is 1. The molecule has 9 heteroatoms. The van der Waals surface area contributed by atoms with Gasteiger partial charge in [-0.05, 0) is 43.2 Å². The van der Waals surface area contributed by atoms with Gasteiger partial charge >= 0.3 is 0 Å². The minimum Gasteiger partial charge on any atom is -0.459 e. The zero-order chi connectivity index (χ0) is 22.0. The lowest BCUT2D eigenvalue weighted by molar-refractivity contribution is -0.138. The molecule has 3 heterocycles. The first-order chi connectivity index (χ1) is 14.9. The predicted octanol–water partition coefficient (Wildman–Crippen LogP) is 3.42. The highest BCUT2D eigenvalue weighted by molar-refractivity contribution is 6.35. The standard InChI is InChI=1S/C22H23Cl2N3O4/c23-17-11-16(12-18(24)13-17)21(29)26-8-6-25(7-9-26)20(28)15-3-1-5-27(14-15)22(30)19-4-2-10-31-19/h2,4,10-13,15H,1,3,5-9,14H2. The maximum atomic E-state index is 13.1. The molecule has 7 nitrogen and oxygen atoms in total. The van der Waals surface area contributed by atoms with Crippen LogP contribution < -0.4 is 0 Å². The number of hydrogen-bond donors (Lipinski definition) is 0. The van der Waals surface area contributed by atoms with Gasteiger partial charge in [-0.3, -0.25) is 14.4 Å². The van der Waals surface area contributed by atoms with Gasteiger partial charge in [0.1, 0.15) is 0 Å². The third-order valence-corrected chi connectivity index (χ3v) is 6.21. The Hall–Kier alpha value is -2.51. The van der Waals surface area contributed by atoms with E-state index in [1.807, 2.05) is 0 Å². The average Bonchev–Trinajstić information content (AvgIpc) is 3.32. The van der Waals surface area contributed by atoms with Crippen LogP contribution in [0.3, 0.4) is 0 Å². The summed E-state index contributed by atoms with van der Waals surface area (Å²) in [4.78, 5) is 43.6. The first kappa shape index (κ1) is 21.7. The predicted molar refractivity (Wildman–Crippen MR) is 116 cm³/mol. The molecule has 31 heavy (non-hydrogen) atoms. The van der Waals surface area contributed by atoms with E-state index < -0.39 is 0 Å². The second kappa shape index (κ2) is 9.32. The Morgan fingerprint density at radius 1 is 0.871 bits per heavy atom. The van der Waals surface area contributed by atoms with Crippen molar-refractivity contribution in [3.05, 3.63) is 58.0 Å². The van der Waals surface area contributed by atoms with Crippen molar-refractivity contribution in [1.29, 1.82) is 0 Å². The van der Waals surface area contributed by atoms with Gasteiger partial charge in [0.15, 0.2) is 5.76 Å². The highest BCUT2D eigenvalue weighted by atomic mass is 35.5. The van der Waals surface area contributed by atoms with Gasteiger partial charge in [-0.1, -0.05) is 23.2 Å². The van der Waals surface area contributed by atoms with E-state index in [1.54, 1.807) is 45.0 Å². The molecule has 2 aliphatic heterocycles. The van der Waals surface area contributed by atoms with E-state index in [0.717, 1.165) is 12.8 Å². The highest BCUT2D eigenvalue weighted by Crippen LogP contribution is 2.23. The molecule has 0 aliphatic carbocycles. The topological polar surface area (TPSA) is 74.1 Å². The zero-order valence-electron chi connectivity index (χ0n) is 16.9. The molecular weight excluding hydrogens is 441 g/mol. The SMILES string of the molecule is O=C(c1cc(Cl)cc(Cl)c1)N1CCN(C(=O)C2CCCN(C(=O)c3ccco3)C2)CC1. The molecule has 0 spiro atoms. The summed E-state index contributed by atoms with van der Waals surface area (Å²) in [6, 6.07) is 8.09. The molecule has 0 N–H and O–H groups in total. The molecule has 164 valence electrons. The average molecular weight is 464 g/mol. The summed E-state index contributed by atoms with van der Waals surface area (Å²) in [6.07, 6.45) is 3.00. The van der Waals surface area contributed by atoms with Gasteiger partial charge in [-0.15, -0.1) is 0 Å². The number of amides is 3. The molecule has 0 radical (unpaired) electrons. The number of likely N-dealkylation sites (tertiary alicyclic amines) is 1. The summed E-state index contributed by atoms with van der Waals surface area (Å²) in [5.41, 5.74) is 0.441. The van der Waals surface area contributed by atoms with Crippen molar-refractivity contribution in [3.8, 4) is 0 Å². The number of piperazine rings is 1. The van der Waals surface area contributed by atoms with Crippen molar-refractivity contribution in [2.45, 2.75) is 12.8 Å². The zero-order valence-corrected chi connectivity index (χ0v) is 18.4. The van der Waals surface area contributed by atoms with Gasteiger partial charge in [0, 0.05) is 54.9 Å². The Morgan fingerprint density at radius 2 is 1.55 bits per heavy atom. The van der Waals surface area contributed by atoms with Crippen molar-refractivity contribution in [1.82, 2.24) is 14.7 Å². The van der Waals surface area contributed by atoms with Crippen LogP contribution in [-0.4, -0.2) is 71.7 Å². The van der Waals surface area contributed by atoms with Crippen molar-refractivity contribution in [2.75, 3.05) is 39.3 Å². The molecule has 2 aliphatic rings. The Bertz CT molecular complexity index is 951. The smallest absolute Gasteiger partial charge is 0.289 e. The Balaban J connectivity index is 1.33. The highest BCUT2D eigenvalue weighted by Gasteiger charge is 2.34. The van der Waals surface area contributed by atoms with Crippen LogP contribution in [-0.2, 0) is 4.79 Å². The van der Waals surface area contributed by atoms with Gasteiger partial charge < -0.3 is 19.1 Å². The van der Waals surface area contributed by atoms with Crippen LogP contribution >= 0.6 is 23.2 Å². The van der Waals surface area contributed by atoms with Gasteiger partial charge in [-0.25, -0.2) is 0 Å². The normalized spacial score (nSPS) is 19.4. The summed E-state index contributed by atoms with van der Waals surface area (Å²) in [5.74, 6) is -0.236. The van der Waals surface area contributed by atoms with Crippen LogP contribution in [0.5, 0.6) is 0 Å². The molecule has 2 saturated heterocycles. The number of carbonyl (C=O) groups excluding carboxylic acids is 3. The Labute approximate surface area is 190 Å². The van der Waals surface area contributed by atoms with Gasteiger partial charge in [0.05, 0.1) is 12.2 Å². The molecule has 1 aromatic heterocycles. The van der Waals surface area contributed by atoms with E-state index in [4.69, 9.17) is 27.6 Å². The van der Waals surface area contributed by atoms with E-state index in [2.05, 4.69) is 0 Å². The summed E-state index contributed by atoms with van der Waals surface area (Å²) in [6.45, 7) is 2.81. The van der Waals surface area contributed by atoms with Gasteiger partial charge in [-0.2, -0.15) is 0 Å². The van der Waals surface area contributed by atoms with Gasteiger partial charge in [0.25, 0.3) is 11.8 Å². The summed E-state index contributed by atoms with van der Waals surface area (Å²) < 4.78 is 5.21. The first-order valence-electron chi connectivity index (χ1n) is 10.3. The lowest BCUT2D eigenvalue weighted by Gasteiger charge is -2.39. The van der Waals surface area contributed by atoms with Crippen LogP contribution in [0.4, 0.5) is 0 Å². The lowest BCUT2D eigenvalue weighted by atomic mass is 9.96. The second-order valence-corrected chi connectivity index (χ2v) is 8.72. The number of halogens is 2. The van der Waals surface area contributed by atoms with Gasteiger partial charge in [0.2, 0.25) is 5.91 Å². The fourth-order valence-electron chi connectivity index (χ4n) is 4.17. The number of furan rings is 1. The molecule has 1 aromatic carbocycles. The summed E-state index contributed by atoms with van der Waals surface area (Å²) >= 11 is 12.0. The molecule has 2 aromatic rings. The minimum atomic E-state index is -0.235. The van der Waals surface area contributed by atoms with E-state index in [0.29, 0.717) is 60.6 Å². The fourth-order valence-corrected chi connectivity index (χ4v) is 4.69. The largest absolute Gasteiger partial charge is 0.459 e. The molecule has 1 unspecified atom stereocenters. The number of carbonyl (C=O) groups is 3. The Kier molecular flexibility index (Phi) is 6.53. The van der Waals surface area contributed by atoms with Crippen LogP contribution in [0.1, 0.15) is 33.8 Å². The minimum absolute atomic E-state index is 0.0369. The molecule has 1 atom stereocenters. The molecule has 3 amide bonds. The molecular formula is C22H23Cl2N3O4. The van der Waals surface area contributed by atoms with Crippen molar-refractivity contribution < 1.29 is 18.8 Å². The maximum Gasteiger partial charge on any atom is 0.289 e. The Morgan fingerprint density at radius 3 is 2.19 bits per heavy atom. The van der Waals surface area contributed by atoms with E-state index in [9.17, 15) is 14.4 Å². The van der Waals surface area contributed by atoms with Crippen LogP contribution in [0.15, 0.2) is 41.0 Å². The molecule has 0 saturated carbocycles.